The molecular weight excluding hydrogens is 297 g/mol. The van der Waals surface area contributed by atoms with Gasteiger partial charge in [0.15, 0.2) is 0 Å². The van der Waals surface area contributed by atoms with E-state index < -0.39 is 18.0 Å². The number of rotatable bonds is 5. The molecule has 0 spiro atoms. The zero-order valence-corrected chi connectivity index (χ0v) is 12.7. The van der Waals surface area contributed by atoms with Crippen LogP contribution in [0.2, 0.25) is 0 Å². The van der Waals surface area contributed by atoms with Gasteiger partial charge in [-0.1, -0.05) is 42.5 Å². The van der Waals surface area contributed by atoms with Gasteiger partial charge in [-0.25, -0.2) is 9.18 Å². The Balaban J connectivity index is 2.23. The van der Waals surface area contributed by atoms with Crippen LogP contribution in [0.1, 0.15) is 17.2 Å². The molecule has 0 aliphatic carbocycles. The minimum Gasteiger partial charge on any atom is -0.351 e. The van der Waals surface area contributed by atoms with E-state index in [2.05, 4.69) is 5.32 Å². The summed E-state index contributed by atoms with van der Waals surface area (Å²) in [5, 5.41) is 2.12. The fourth-order valence-electron chi connectivity index (χ4n) is 2.40. The zero-order chi connectivity index (χ0) is 16.8. The van der Waals surface area contributed by atoms with Crippen molar-refractivity contribution >= 4 is 11.9 Å². The molecule has 23 heavy (non-hydrogen) atoms. The molecule has 2 aromatic rings. The smallest absolute Gasteiger partial charge is 0.318 e. The number of nitrogens with zero attached hydrogens (tertiary/aromatic N) is 1. The number of halogens is 1. The van der Waals surface area contributed by atoms with Gasteiger partial charge in [0.2, 0.25) is 5.91 Å². The molecule has 1 atom stereocenters. The first-order valence-electron chi connectivity index (χ1n) is 7.07. The van der Waals surface area contributed by atoms with Crippen LogP contribution in [0.15, 0.2) is 54.6 Å². The lowest BCUT2D eigenvalue weighted by Gasteiger charge is -2.27. The predicted octanol–water partition coefficient (Wildman–Crippen LogP) is 2.19. The number of nitrogens with two attached hydrogens (primary N) is 1. The third kappa shape index (κ3) is 4.62. The van der Waals surface area contributed by atoms with Gasteiger partial charge in [0.05, 0.1) is 0 Å². The largest absolute Gasteiger partial charge is 0.351 e. The zero-order valence-electron chi connectivity index (χ0n) is 12.7. The number of urea groups is 1. The molecule has 0 unspecified atom stereocenters. The lowest BCUT2D eigenvalue weighted by molar-refractivity contribution is -0.125. The van der Waals surface area contributed by atoms with Crippen molar-refractivity contribution in [2.24, 2.45) is 5.73 Å². The van der Waals surface area contributed by atoms with Gasteiger partial charge in [-0.3, -0.25) is 15.0 Å². The van der Waals surface area contributed by atoms with E-state index in [0.29, 0.717) is 6.54 Å². The summed E-state index contributed by atoms with van der Waals surface area (Å²) in [6.45, 7) is 0.409. The molecule has 0 aromatic heterocycles. The van der Waals surface area contributed by atoms with Crippen molar-refractivity contribution in [3.8, 4) is 0 Å². The average molecular weight is 315 g/mol. The Morgan fingerprint density at radius 3 is 2.30 bits per heavy atom. The van der Waals surface area contributed by atoms with E-state index in [1.807, 2.05) is 18.2 Å². The van der Waals surface area contributed by atoms with Gasteiger partial charge in [-0.05, 0) is 30.3 Å². The summed E-state index contributed by atoms with van der Waals surface area (Å²) < 4.78 is 13.0. The highest BCUT2D eigenvalue weighted by molar-refractivity contribution is 5.96. The van der Waals surface area contributed by atoms with Crippen LogP contribution in [0.3, 0.4) is 0 Å². The first-order chi connectivity index (χ1) is 11.0. The van der Waals surface area contributed by atoms with Crippen LogP contribution in [-0.2, 0) is 11.3 Å². The molecule has 0 aliphatic heterocycles. The lowest BCUT2D eigenvalue weighted by Crippen LogP contribution is -2.43. The number of nitrogens with one attached hydrogen (secondary N) is 1. The van der Waals surface area contributed by atoms with Crippen molar-refractivity contribution in [3.63, 3.8) is 0 Å². The molecule has 2 aromatic carbocycles. The van der Waals surface area contributed by atoms with E-state index in [1.165, 1.54) is 12.1 Å². The Hall–Kier alpha value is -2.73. The number of imide groups is 1. The van der Waals surface area contributed by atoms with Gasteiger partial charge >= 0.3 is 6.03 Å². The van der Waals surface area contributed by atoms with Crippen molar-refractivity contribution in [1.29, 1.82) is 0 Å². The van der Waals surface area contributed by atoms with E-state index in [4.69, 9.17) is 5.73 Å². The second-order valence-electron chi connectivity index (χ2n) is 5.21. The predicted molar refractivity (Wildman–Crippen MR) is 84.8 cm³/mol. The molecule has 0 fully saturated rings. The number of carbonyl (C=O) groups is 2. The highest BCUT2D eigenvalue weighted by atomic mass is 19.1. The number of carbonyl (C=O) groups excluding carboxylic acids is 2. The number of primary amides is 1. The first kappa shape index (κ1) is 16.6. The maximum absolute atomic E-state index is 13.0. The topological polar surface area (TPSA) is 75.4 Å². The summed E-state index contributed by atoms with van der Waals surface area (Å²) in [5.74, 6) is -0.823. The van der Waals surface area contributed by atoms with E-state index >= 15 is 0 Å². The molecule has 2 rings (SSSR count). The van der Waals surface area contributed by atoms with E-state index in [1.54, 1.807) is 36.2 Å². The van der Waals surface area contributed by atoms with E-state index in [9.17, 15) is 14.0 Å². The SMILES string of the molecule is CN(Cc1ccc(F)cc1)[C@H](C(=O)NC(N)=O)c1ccccc1. The Labute approximate surface area is 133 Å². The normalized spacial score (nSPS) is 12.0. The molecular formula is C17H18FN3O2. The number of hydrogen-bond donors (Lipinski definition) is 2. The molecule has 3 amide bonds. The molecule has 0 saturated carbocycles. The van der Waals surface area contributed by atoms with E-state index in [0.717, 1.165) is 11.1 Å². The van der Waals surface area contributed by atoms with Crippen molar-refractivity contribution in [1.82, 2.24) is 10.2 Å². The summed E-state index contributed by atoms with van der Waals surface area (Å²) in [5.41, 5.74) is 6.63. The van der Waals surface area contributed by atoms with Crippen molar-refractivity contribution < 1.29 is 14.0 Å². The Morgan fingerprint density at radius 2 is 1.74 bits per heavy atom. The molecule has 5 nitrogen and oxygen atoms in total. The summed E-state index contributed by atoms with van der Waals surface area (Å²) in [6.07, 6.45) is 0. The van der Waals surface area contributed by atoms with Crippen molar-refractivity contribution in [3.05, 3.63) is 71.5 Å². The average Bonchev–Trinajstić information content (AvgIpc) is 2.50. The Morgan fingerprint density at radius 1 is 1.13 bits per heavy atom. The summed E-state index contributed by atoms with van der Waals surface area (Å²) >= 11 is 0. The van der Waals surface area contributed by atoms with Crippen LogP contribution >= 0.6 is 0 Å². The molecule has 0 saturated heterocycles. The second kappa shape index (κ2) is 7.51. The van der Waals surface area contributed by atoms with Crippen molar-refractivity contribution in [2.75, 3.05) is 7.05 Å². The number of benzene rings is 2. The first-order valence-corrected chi connectivity index (χ1v) is 7.07. The van der Waals surface area contributed by atoms with Gasteiger partial charge in [0.1, 0.15) is 11.9 Å². The molecule has 120 valence electrons. The van der Waals surface area contributed by atoms with E-state index in [-0.39, 0.29) is 5.82 Å². The van der Waals surface area contributed by atoms with Crippen LogP contribution in [0.25, 0.3) is 0 Å². The maximum Gasteiger partial charge on any atom is 0.318 e. The van der Waals surface area contributed by atoms with Gasteiger partial charge < -0.3 is 5.73 Å². The highest BCUT2D eigenvalue weighted by Crippen LogP contribution is 2.21. The fourth-order valence-corrected chi connectivity index (χ4v) is 2.40. The second-order valence-corrected chi connectivity index (χ2v) is 5.21. The van der Waals surface area contributed by atoms with Crippen LogP contribution in [0.4, 0.5) is 9.18 Å². The lowest BCUT2D eigenvalue weighted by atomic mass is 10.0. The van der Waals surface area contributed by atoms with Gasteiger partial charge in [0.25, 0.3) is 0 Å². The molecule has 0 aliphatic rings. The van der Waals surface area contributed by atoms with Gasteiger partial charge in [-0.15, -0.1) is 0 Å². The molecule has 3 N–H and O–H groups in total. The quantitative estimate of drug-likeness (QED) is 0.888. The maximum atomic E-state index is 13.0. The number of amides is 3. The number of hydrogen-bond acceptors (Lipinski definition) is 3. The molecule has 0 bridgehead atoms. The molecule has 6 heteroatoms. The fraction of sp³-hybridized carbons (Fsp3) is 0.176. The highest BCUT2D eigenvalue weighted by Gasteiger charge is 2.26. The Bertz CT molecular complexity index is 674. The third-order valence-electron chi connectivity index (χ3n) is 3.40. The van der Waals surface area contributed by atoms with Crippen LogP contribution in [-0.4, -0.2) is 23.9 Å². The summed E-state index contributed by atoms with van der Waals surface area (Å²) in [6, 6.07) is 13.5. The standard InChI is InChI=1S/C17H18FN3O2/c1-21(11-12-7-9-14(18)10-8-12)15(16(22)20-17(19)23)13-5-3-2-4-6-13/h2-10,15H,11H2,1H3,(H3,19,20,22,23)/t15-/m0/s1. The number of likely N-dealkylation sites (N-methyl/N-ethyl adjacent to an activating group) is 1. The summed E-state index contributed by atoms with van der Waals surface area (Å²) in [4.78, 5) is 25.1. The minimum atomic E-state index is -0.897. The molecule has 0 radical (unpaired) electrons. The molecule has 0 heterocycles. The summed E-state index contributed by atoms with van der Waals surface area (Å²) in [7, 11) is 1.75. The minimum absolute atomic E-state index is 0.317. The van der Waals surface area contributed by atoms with Crippen molar-refractivity contribution in [2.45, 2.75) is 12.6 Å². The van der Waals surface area contributed by atoms with Crippen LogP contribution < -0.4 is 11.1 Å². The van der Waals surface area contributed by atoms with Crippen LogP contribution in [0, 0.1) is 5.82 Å². The monoisotopic (exact) mass is 315 g/mol. The van der Waals surface area contributed by atoms with Gasteiger partial charge in [-0.2, -0.15) is 0 Å². The Kier molecular flexibility index (Phi) is 5.43. The van der Waals surface area contributed by atoms with Crippen LogP contribution in [0.5, 0.6) is 0 Å². The third-order valence-corrected chi connectivity index (χ3v) is 3.40. The van der Waals surface area contributed by atoms with Gasteiger partial charge in [0, 0.05) is 6.54 Å².